The van der Waals surface area contributed by atoms with E-state index in [1.807, 2.05) is 0 Å². The molecular weight excluding hydrogens is 160 g/mol. The summed E-state index contributed by atoms with van der Waals surface area (Å²) in [6.07, 6.45) is 5.75. The van der Waals surface area contributed by atoms with Crippen molar-refractivity contribution >= 4 is 0 Å². The average molecular weight is 182 g/mol. The Bertz CT molecular complexity index is 155. The van der Waals surface area contributed by atoms with Gasteiger partial charge in [-0.3, -0.25) is 0 Å². The molecule has 0 aromatic heterocycles. The van der Waals surface area contributed by atoms with Crippen LogP contribution in [0.4, 0.5) is 0 Å². The number of hydrogen-bond acceptors (Lipinski definition) is 2. The van der Waals surface area contributed by atoms with E-state index in [1.165, 1.54) is 38.8 Å². The van der Waals surface area contributed by atoms with E-state index in [0.29, 0.717) is 0 Å². The largest absolute Gasteiger partial charge is 0.317 e. The van der Waals surface area contributed by atoms with Crippen LogP contribution in [0, 0.1) is 11.8 Å². The molecule has 2 nitrogen and oxygen atoms in total. The molecule has 0 aromatic rings. The smallest absolute Gasteiger partial charge is 0.00695 e. The summed E-state index contributed by atoms with van der Waals surface area (Å²) >= 11 is 0. The van der Waals surface area contributed by atoms with Crippen LogP contribution in [-0.2, 0) is 0 Å². The molecule has 0 radical (unpaired) electrons. The third-order valence-electron chi connectivity index (χ3n) is 4.01. The summed E-state index contributed by atoms with van der Waals surface area (Å²) in [5, 5.41) is 3.37. The van der Waals surface area contributed by atoms with Gasteiger partial charge in [0.25, 0.3) is 0 Å². The van der Waals surface area contributed by atoms with Gasteiger partial charge in [0.1, 0.15) is 0 Å². The summed E-state index contributed by atoms with van der Waals surface area (Å²) in [5.41, 5.74) is 0. The van der Waals surface area contributed by atoms with Gasteiger partial charge < -0.3 is 10.2 Å². The van der Waals surface area contributed by atoms with Crippen LogP contribution in [0.2, 0.25) is 0 Å². The second-order valence-corrected chi connectivity index (χ2v) is 4.86. The van der Waals surface area contributed by atoms with E-state index in [9.17, 15) is 0 Å². The molecule has 2 rings (SSSR count). The molecule has 1 saturated heterocycles. The van der Waals surface area contributed by atoms with Crippen molar-refractivity contribution in [1.29, 1.82) is 0 Å². The maximum Gasteiger partial charge on any atom is 0.00695 e. The highest BCUT2D eigenvalue weighted by molar-refractivity contribution is 4.89. The standard InChI is InChI=1S/C11H22N2/c1-12-11-7-10(8-11)9-3-5-13(2)6-4-9/h9-12H,3-8H2,1-2H3. The minimum absolute atomic E-state index is 0.838. The van der Waals surface area contributed by atoms with Crippen molar-refractivity contribution in [3.8, 4) is 0 Å². The molecule has 0 atom stereocenters. The Balaban J connectivity index is 1.71. The third kappa shape index (κ3) is 2.05. The molecule has 0 bridgehead atoms. The minimum atomic E-state index is 0.838. The van der Waals surface area contributed by atoms with Crippen molar-refractivity contribution in [3.05, 3.63) is 0 Å². The topological polar surface area (TPSA) is 15.3 Å². The summed E-state index contributed by atoms with van der Waals surface area (Å²) in [6.45, 7) is 2.65. The molecule has 1 heterocycles. The molecule has 0 unspecified atom stereocenters. The highest BCUT2D eigenvalue weighted by Gasteiger charge is 2.34. The number of rotatable bonds is 2. The van der Waals surface area contributed by atoms with Gasteiger partial charge in [0.05, 0.1) is 0 Å². The van der Waals surface area contributed by atoms with E-state index in [0.717, 1.165) is 17.9 Å². The molecule has 2 fully saturated rings. The molecular formula is C11H22N2. The normalized spacial score (nSPS) is 37.4. The van der Waals surface area contributed by atoms with E-state index in [2.05, 4.69) is 24.3 Å². The Labute approximate surface area is 81.7 Å². The molecule has 13 heavy (non-hydrogen) atoms. The predicted molar refractivity (Wildman–Crippen MR) is 55.8 cm³/mol. The van der Waals surface area contributed by atoms with Crippen molar-refractivity contribution in [1.82, 2.24) is 10.2 Å². The number of piperidine rings is 1. The molecule has 1 aliphatic carbocycles. The van der Waals surface area contributed by atoms with Crippen molar-refractivity contribution in [2.24, 2.45) is 11.8 Å². The van der Waals surface area contributed by atoms with E-state index in [1.54, 1.807) is 0 Å². The third-order valence-corrected chi connectivity index (χ3v) is 4.01. The lowest BCUT2D eigenvalue weighted by Crippen LogP contribution is -2.44. The zero-order valence-corrected chi connectivity index (χ0v) is 8.92. The van der Waals surface area contributed by atoms with Crippen LogP contribution in [0.1, 0.15) is 25.7 Å². The van der Waals surface area contributed by atoms with Crippen LogP contribution < -0.4 is 5.32 Å². The molecule has 2 heteroatoms. The second kappa shape index (κ2) is 3.97. The first-order valence-corrected chi connectivity index (χ1v) is 5.65. The van der Waals surface area contributed by atoms with Crippen LogP contribution >= 0.6 is 0 Å². The maximum absolute atomic E-state index is 3.37. The average Bonchev–Trinajstić information content (AvgIpc) is 2.06. The Hall–Kier alpha value is -0.0800. The lowest BCUT2D eigenvalue weighted by molar-refractivity contribution is 0.0968. The van der Waals surface area contributed by atoms with E-state index >= 15 is 0 Å². The molecule has 1 saturated carbocycles. The van der Waals surface area contributed by atoms with Crippen LogP contribution in [0.5, 0.6) is 0 Å². The predicted octanol–water partition coefficient (Wildman–Crippen LogP) is 1.33. The number of nitrogens with one attached hydrogen (secondary N) is 1. The molecule has 1 N–H and O–H groups in total. The Morgan fingerprint density at radius 1 is 1.08 bits per heavy atom. The summed E-state index contributed by atoms with van der Waals surface area (Å²) in [6, 6.07) is 0.838. The molecule has 0 aromatic carbocycles. The molecule has 0 amide bonds. The van der Waals surface area contributed by atoms with Crippen molar-refractivity contribution < 1.29 is 0 Å². The van der Waals surface area contributed by atoms with Gasteiger partial charge in [0.2, 0.25) is 0 Å². The van der Waals surface area contributed by atoms with Crippen LogP contribution in [0.15, 0.2) is 0 Å². The Morgan fingerprint density at radius 2 is 1.69 bits per heavy atom. The zero-order chi connectivity index (χ0) is 9.26. The highest BCUT2D eigenvalue weighted by atomic mass is 15.1. The second-order valence-electron chi connectivity index (χ2n) is 4.86. The van der Waals surface area contributed by atoms with Gasteiger partial charge >= 0.3 is 0 Å². The summed E-state index contributed by atoms with van der Waals surface area (Å²) in [5.74, 6) is 2.09. The highest BCUT2D eigenvalue weighted by Crippen LogP contribution is 2.38. The van der Waals surface area contributed by atoms with Gasteiger partial charge in [-0.15, -0.1) is 0 Å². The zero-order valence-electron chi connectivity index (χ0n) is 8.92. The maximum atomic E-state index is 3.37. The summed E-state index contributed by atoms with van der Waals surface area (Å²) < 4.78 is 0. The summed E-state index contributed by atoms with van der Waals surface area (Å²) in [7, 11) is 4.34. The van der Waals surface area contributed by atoms with Crippen molar-refractivity contribution in [2.45, 2.75) is 31.7 Å². The fraction of sp³-hybridized carbons (Fsp3) is 1.00. The molecule has 0 spiro atoms. The fourth-order valence-corrected chi connectivity index (χ4v) is 2.78. The molecule has 1 aliphatic heterocycles. The molecule has 76 valence electrons. The lowest BCUT2D eigenvalue weighted by atomic mass is 9.69. The van der Waals surface area contributed by atoms with Gasteiger partial charge in [-0.2, -0.15) is 0 Å². The summed E-state index contributed by atoms with van der Waals surface area (Å²) in [4.78, 5) is 2.46. The lowest BCUT2D eigenvalue weighted by Gasteiger charge is -2.43. The van der Waals surface area contributed by atoms with Crippen LogP contribution in [0.25, 0.3) is 0 Å². The van der Waals surface area contributed by atoms with Crippen LogP contribution in [-0.4, -0.2) is 38.1 Å². The van der Waals surface area contributed by atoms with E-state index in [4.69, 9.17) is 0 Å². The SMILES string of the molecule is CNC1CC(C2CCN(C)CC2)C1. The molecule has 2 aliphatic rings. The first kappa shape index (κ1) is 9.47. The van der Waals surface area contributed by atoms with Gasteiger partial charge in [-0.05, 0) is 64.7 Å². The first-order valence-electron chi connectivity index (χ1n) is 5.65. The Morgan fingerprint density at radius 3 is 2.23 bits per heavy atom. The van der Waals surface area contributed by atoms with Gasteiger partial charge in [-0.1, -0.05) is 0 Å². The number of hydrogen-bond donors (Lipinski definition) is 1. The van der Waals surface area contributed by atoms with Crippen LogP contribution in [0.3, 0.4) is 0 Å². The van der Waals surface area contributed by atoms with E-state index in [-0.39, 0.29) is 0 Å². The quantitative estimate of drug-likeness (QED) is 0.693. The Kier molecular flexibility index (Phi) is 2.89. The number of likely N-dealkylation sites (tertiary alicyclic amines) is 1. The van der Waals surface area contributed by atoms with Gasteiger partial charge in [-0.25, -0.2) is 0 Å². The van der Waals surface area contributed by atoms with Gasteiger partial charge in [0, 0.05) is 6.04 Å². The van der Waals surface area contributed by atoms with Crippen molar-refractivity contribution in [2.75, 3.05) is 27.2 Å². The fourth-order valence-electron chi connectivity index (χ4n) is 2.78. The van der Waals surface area contributed by atoms with Crippen molar-refractivity contribution in [3.63, 3.8) is 0 Å². The first-order chi connectivity index (χ1) is 6.29. The number of nitrogens with zero attached hydrogens (tertiary/aromatic N) is 1. The monoisotopic (exact) mass is 182 g/mol. The minimum Gasteiger partial charge on any atom is -0.317 e. The van der Waals surface area contributed by atoms with Gasteiger partial charge in [0.15, 0.2) is 0 Å². The van der Waals surface area contributed by atoms with E-state index < -0.39 is 0 Å².